The van der Waals surface area contributed by atoms with Gasteiger partial charge in [0.05, 0.1) is 28.3 Å². The highest BCUT2D eigenvalue weighted by molar-refractivity contribution is 6.68. The molecule has 4 aromatic carbocycles. The molecule has 2 aliphatic rings. The second-order valence-electron chi connectivity index (χ2n) is 14.0. The maximum Gasteiger partial charge on any atom is 0.252 e. The SMILES string of the molecule is O=C(Cl)c1ccc(C2=Cc3cc4ccc(cc5nc(cc6[nH]c(c(-c7ccc(C(=O)Cl)cc7)c2n3)c(-c2ccc(C(=O)Cl)cc2)c6-c2ccc(C(=O)Cl)cc2)C=C5)[nH]4)cc1. The van der Waals surface area contributed by atoms with Gasteiger partial charge in [-0.1, -0.05) is 48.5 Å². The van der Waals surface area contributed by atoms with E-state index in [1.807, 2.05) is 97.1 Å². The van der Waals surface area contributed by atoms with Crippen molar-refractivity contribution in [2.75, 3.05) is 0 Å². The minimum absolute atomic E-state index is 0.300. The first-order valence-electron chi connectivity index (χ1n) is 18.4. The zero-order valence-corrected chi connectivity index (χ0v) is 33.9. The van der Waals surface area contributed by atoms with Crippen molar-refractivity contribution in [3.8, 4) is 33.4 Å². The number of nitrogens with zero attached hydrogens (tertiary/aromatic N) is 2. The summed E-state index contributed by atoms with van der Waals surface area (Å²) in [7, 11) is 0. The average molecular weight is 865 g/mol. The third-order valence-corrected chi connectivity index (χ3v) is 11.1. The monoisotopic (exact) mass is 862 g/mol. The van der Waals surface area contributed by atoms with Crippen LogP contribution in [0.1, 0.15) is 69.8 Å². The van der Waals surface area contributed by atoms with Crippen molar-refractivity contribution in [3.63, 3.8) is 0 Å². The predicted octanol–water partition coefficient (Wildman–Crippen LogP) is 12.6. The lowest BCUT2D eigenvalue weighted by Crippen LogP contribution is -1.95. The van der Waals surface area contributed by atoms with Crippen LogP contribution >= 0.6 is 46.4 Å². The normalized spacial score (nSPS) is 12.0. The van der Waals surface area contributed by atoms with E-state index in [2.05, 4.69) is 9.97 Å². The Balaban J connectivity index is 1.50. The number of benzene rings is 4. The van der Waals surface area contributed by atoms with E-state index in [1.165, 1.54) is 0 Å². The number of rotatable bonds is 8. The molecule has 5 heterocycles. The topological polar surface area (TPSA) is 126 Å². The number of nitrogens with one attached hydrogen (secondary N) is 2. The van der Waals surface area contributed by atoms with Crippen LogP contribution in [0.3, 0.4) is 0 Å². The van der Waals surface area contributed by atoms with Crippen LogP contribution in [0.2, 0.25) is 0 Å². The Kier molecular flexibility index (Phi) is 10.2. The number of hydrogen-bond donors (Lipinski definition) is 2. The zero-order valence-electron chi connectivity index (χ0n) is 30.9. The molecule has 0 radical (unpaired) electrons. The van der Waals surface area contributed by atoms with Gasteiger partial charge in [0.15, 0.2) is 0 Å². The molecule has 0 aliphatic carbocycles. The maximum atomic E-state index is 12.3. The molecule has 0 fully saturated rings. The highest BCUT2D eigenvalue weighted by atomic mass is 35.5. The van der Waals surface area contributed by atoms with Gasteiger partial charge in [0.25, 0.3) is 21.0 Å². The largest absolute Gasteiger partial charge is 0.355 e. The molecule has 12 heteroatoms. The zero-order chi connectivity index (χ0) is 41.7. The highest BCUT2D eigenvalue weighted by Crippen LogP contribution is 2.46. The van der Waals surface area contributed by atoms with E-state index in [0.717, 1.165) is 39.0 Å². The van der Waals surface area contributed by atoms with Crippen LogP contribution in [0.25, 0.3) is 79.2 Å². The summed E-state index contributed by atoms with van der Waals surface area (Å²) in [5.74, 6) is 0. The molecule has 0 saturated heterocycles. The van der Waals surface area contributed by atoms with Crippen LogP contribution in [-0.4, -0.2) is 40.9 Å². The summed E-state index contributed by atoms with van der Waals surface area (Å²) in [6, 6.07) is 37.5. The van der Waals surface area contributed by atoms with E-state index in [1.54, 1.807) is 48.5 Å². The predicted molar refractivity (Wildman–Crippen MR) is 240 cm³/mol. The summed E-state index contributed by atoms with van der Waals surface area (Å²) in [4.78, 5) is 66.4. The van der Waals surface area contributed by atoms with Gasteiger partial charge in [-0.2, -0.15) is 0 Å². The second kappa shape index (κ2) is 15.8. The van der Waals surface area contributed by atoms with Gasteiger partial charge >= 0.3 is 0 Å². The van der Waals surface area contributed by atoms with E-state index >= 15 is 0 Å². The Hall–Kier alpha value is -6.68. The van der Waals surface area contributed by atoms with E-state index < -0.39 is 21.0 Å². The number of carbonyl (C=O) groups is 4. The molecule has 290 valence electrons. The molecule has 2 N–H and O–H groups in total. The fraction of sp³-hybridized carbons (Fsp3) is 0. The van der Waals surface area contributed by atoms with Crippen molar-refractivity contribution in [3.05, 3.63) is 178 Å². The Labute approximate surface area is 361 Å². The van der Waals surface area contributed by atoms with Gasteiger partial charge in [0, 0.05) is 61.1 Å². The first-order chi connectivity index (χ1) is 29.0. The van der Waals surface area contributed by atoms with E-state index in [4.69, 9.17) is 56.4 Å². The van der Waals surface area contributed by atoms with Gasteiger partial charge in [-0.3, -0.25) is 19.2 Å². The number of H-pyrrole nitrogens is 2. The lowest BCUT2D eigenvalue weighted by Gasteiger charge is -2.13. The number of aromatic nitrogens is 4. The molecule has 60 heavy (non-hydrogen) atoms. The van der Waals surface area contributed by atoms with Crippen molar-refractivity contribution in [2.45, 2.75) is 0 Å². The summed E-state index contributed by atoms with van der Waals surface area (Å²) in [5.41, 5.74) is 12.5. The van der Waals surface area contributed by atoms with Crippen molar-refractivity contribution < 1.29 is 19.2 Å². The molecular weight excluding hydrogens is 838 g/mol. The van der Waals surface area contributed by atoms with Gasteiger partial charge in [-0.15, -0.1) is 0 Å². The lowest BCUT2D eigenvalue weighted by molar-refractivity contribution is 0.107. The van der Waals surface area contributed by atoms with Gasteiger partial charge in [0.1, 0.15) is 0 Å². The standard InChI is InChI=1S/C48H26Cl4N4O4/c49-45(57)29-9-1-25(2-10-29)38-23-37-22-35-18-17-33(53-35)21-34-19-20-36(54-34)24-39-40(26-3-11-30(12-4-26)46(50)58)41(27-5-13-31(14-6-27)47(51)59)44(56-39)42(43(38)55-37)28-7-15-32(16-8-28)48(52)60/h1-24,53,56H. The first-order valence-corrected chi connectivity index (χ1v) is 19.9. The van der Waals surface area contributed by atoms with Crippen LogP contribution in [0, 0.1) is 0 Å². The number of hydrogen-bond acceptors (Lipinski definition) is 6. The van der Waals surface area contributed by atoms with E-state index in [0.29, 0.717) is 72.6 Å². The molecule has 7 aromatic rings. The first kappa shape index (κ1) is 38.8. The fourth-order valence-corrected chi connectivity index (χ4v) is 7.93. The average Bonchev–Trinajstić information content (AvgIpc) is 4.06. The summed E-state index contributed by atoms with van der Waals surface area (Å²) < 4.78 is 0. The summed E-state index contributed by atoms with van der Waals surface area (Å²) in [6.45, 7) is 0. The summed E-state index contributed by atoms with van der Waals surface area (Å²) >= 11 is 23.6. The van der Waals surface area contributed by atoms with Crippen LogP contribution in [0.4, 0.5) is 0 Å². The Morgan fingerprint density at radius 2 is 0.833 bits per heavy atom. The van der Waals surface area contributed by atoms with Gasteiger partial charge in [0.2, 0.25) is 0 Å². The number of halogens is 4. The van der Waals surface area contributed by atoms with Crippen molar-refractivity contribution >= 4 is 113 Å². The van der Waals surface area contributed by atoms with E-state index in [9.17, 15) is 19.2 Å². The van der Waals surface area contributed by atoms with Crippen molar-refractivity contribution in [1.29, 1.82) is 0 Å². The van der Waals surface area contributed by atoms with Gasteiger partial charge in [-0.05, 0) is 166 Å². The minimum atomic E-state index is -0.612. The number of fused-ring (bicyclic) bond motifs is 8. The molecule has 2 aliphatic heterocycles. The van der Waals surface area contributed by atoms with E-state index in [-0.39, 0.29) is 0 Å². The third kappa shape index (κ3) is 7.54. The molecule has 0 unspecified atom stereocenters. The van der Waals surface area contributed by atoms with Crippen LogP contribution < -0.4 is 0 Å². The minimum Gasteiger partial charge on any atom is -0.355 e. The molecule has 0 amide bonds. The molecule has 9 rings (SSSR count). The molecule has 8 bridgehead atoms. The van der Waals surface area contributed by atoms with Crippen LogP contribution in [0.5, 0.6) is 0 Å². The Bertz CT molecular complexity index is 3180. The third-order valence-electron chi connectivity index (χ3n) is 10.2. The Morgan fingerprint density at radius 3 is 1.32 bits per heavy atom. The lowest BCUT2D eigenvalue weighted by atomic mass is 9.90. The summed E-state index contributed by atoms with van der Waals surface area (Å²) in [6.07, 6.45) is 5.82. The van der Waals surface area contributed by atoms with Gasteiger partial charge in [-0.25, -0.2) is 9.97 Å². The Morgan fingerprint density at radius 1 is 0.417 bits per heavy atom. The highest BCUT2D eigenvalue weighted by Gasteiger charge is 2.25. The molecule has 0 saturated carbocycles. The quantitative estimate of drug-likeness (QED) is 0.147. The second-order valence-corrected chi connectivity index (χ2v) is 15.4. The maximum absolute atomic E-state index is 12.3. The van der Waals surface area contributed by atoms with Crippen molar-refractivity contribution in [1.82, 2.24) is 19.9 Å². The number of carbonyl (C=O) groups excluding carboxylic acids is 4. The van der Waals surface area contributed by atoms with Crippen LogP contribution in [0.15, 0.2) is 127 Å². The van der Waals surface area contributed by atoms with Crippen molar-refractivity contribution in [2.24, 2.45) is 0 Å². The summed E-state index contributed by atoms with van der Waals surface area (Å²) in [5, 5.41) is -2.40. The molecular formula is C48H26Cl4N4O4. The smallest absolute Gasteiger partial charge is 0.252 e. The van der Waals surface area contributed by atoms with Crippen LogP contribution in [-0.2, 0) is 0 Å². The molecule has 8 nitrogen and oxygen atoms in total. The van der Waals surface area contributed by atoms with Gasteiger partial charge < -0.3 is 9.97 Å². The molecule has 0 spiro atoms. The molecule has 0 atom stereocenters. The fourth-order valence-electron chi connectivity index (χ4n) is 7.43. The number of aromatic amines is 2. The molecule has 3 aromatic heterocycles.